The normalized spacial score (nSPS) is 16.1. The van der Waals surface area contributed by atoms with Crippen LogP contribution < -0.4 is 0 Å². The van der Waals surface area contributed by atoms with Gasteiger partial charge in [-0.1, -0.05) is 12.1 Å². The van der Waals surface area contributed by atoms with Crippen molar-refractivity contribution in [2.24, 2.45) is 0 Å². The standard InChI is InChI=1S/C20H19FN2O5/c1-2-28-20(25)15-10-14(11-17(12-15)23(26)27)19(24)22-9-3-4-18(22)13-5-7-16(21)8-6-13/h5-8,10-12,18H,2-4,9H2,1H3. The number of esters is 1. The first-order valence-electron chi connectivity index (χ1n) is 8.93. The van der Waals surface area contributed by atoms with E-state index < -0.39 is 16.8 Å². The van der Waals surface area contributed by atoms with Gasteiger partial charge in [-0.05, 0) is 43.5 Å². The number of carbonyl (C=O) groups excluding carboxylic acids is 2. The second-order valence-corrected chi connectivity index (χ2v) is 6.45. The molecule has 1 amide bonds. The molecule has 146 valence electrons. The molecule has 8 heteroatoms. The lowest BCUT2D eigenvalue weighted by molar-refractivity contribution is -0.384. The number of ether oxygens (including phenoxy) is 1. The van der Waals surface area contributed by atoms with Crippen molar-refractivity contribution < 1.29 is 23.6 Å². The molecule has 2 aromatic rings. The van der Waals surface area contributed by atoms with Crippen molar-refractivity contribution in [2.45, 2.75) is 25.8 Å². The van der Waals surface area contributed by atoms with Crippen LogP contribution in [0.2, 0.25) is 0 Å². The van der Waals surface area contributed by atoms with E-state index in [0.29, 0.717) is 13.0 Å². The summed E-state index contributed by atoms with van der Waals surface area (Å²) in [5.41, 5.74) is 0.443. The molecule has 1 fully saturated rings. The summed E-state index contributed by atoms with van der Waals surface area (Å²) in [5.74, 6) is -1.50. The number of halogens is 1. The summed E-state index contributed by atoms with van der Waals surface area (Å²) < 4.78 is 18.1. The topological polar surface area (TPSA) is 89.8 Å². The van der Waals surface area contributed by atoms with Crippen LogP contribution in [0.4, 0.5) is 10.1 Å². The number of hydrogen-bond donors (Lipinski definition) is 0. The van der Waals surface area contributed by atoms with Crippen LogP contribution >= 0.6 is 0 Å². The van der Waals surface area contributed by atoms with E-state index in [-0.39, 0.29) is 35.3 Å². The van der Waals surface area contributed by atoms with E-state index in [4.69, 9.17) is 4.74 Å². The number of nitrogens with zero attached hydrogens (tertiary/aromatic N) is 2. The number of non-ortho nitro benzene ring substituents is 1. The van der Waals surface area contributed by atoms with Crippen molar-refractivity contribution in [1.29, 1.82) is 0 Å². The van der Waals surface area contributed by atoms with Gasteiger partial charge in [-0.2, -0.15) is 0 Å². The van der Waals surface area contributed by atoms with Crippen molar-refractivity contribution in [3.8, 4) is 0 Å². The highest BCUT2D eigenvalue weighted by molar-refractivity contribution is 5.99. The Labute approximate surface area is 160 Å². The Morgan fingerprint density at radius 1 is 1.21 bits per heavy atom. The van der Waals surface area contributed by atoms with E-state index in [0.717, 1.165) is 24.1 Å². The van der Waals surface area contributed by atoms with Gasteiger partial charge < -0.3 is 9.64 Å². The number of likely N-dealkylation sites (tertiary alicyclic amines) is 1. The van der Waals surface area contributed by atoms with Gasteiger partial charge in [0.25, 0.3) is 11.6 Å². The highest BCUT2D eigenvalue weighted by Gasteiger charge is 2.32. The van der Waals surface area contributed by atoms with Gasteiger partial charge in [0, 0.05) is 24.2 Å². The van der Waals surface area contributed by atoms with Crippen LogP contribution in [0.1, 0.15) is 52.1 Å². The van der Waals surface area contributed by atoms with Gasteiger partial charge in [0.15, 0.2) is 0 Å². The fraction of sp³-hybridized carbons (Fsp3) is 0.300. The zero-order valence-corrected chi connectivity index (χ0v) is 15.3. The zero-order chi connectivity index (χ0) is 20.3. The maximum absolute atomic E-state index is 13.2. The summed E-state index contributed by atoms with van der Waals surface area (Å²) in [5, 5.41) is 11.2. The maximum Gasteiger partial charge on any atom is 0.338 e. The SMILES string of the molecule is CCOC(=O)c1cc(C(=O)N2CCCC2c2ccc(F)cc2)cc([N+](=O)[O-])c1. The molecule has 0 aliphatic carbocycles. The molecule has 0 N–H and O–H groups in total. The van der Waals surface area contributed by atoms with Crippen LogP contribution in [0.3, 0.4) is 0 Å². The van der Waals surface area contributed by atoms with Crippen molar-refractivity contribution in [2.75, 3.05) is 13.2 Å². The number of benzene rings is 2. The Kier molecular flexibility index (Phi) is 5.67. The lowest BCUT2D eigenvalue weighted by Crippen LogP contribution is -2.30. The average molecular weight is 386 g/mol. The lowest BCUT2D eigenvalue weighted by atomic mass is 10.0. The Balaban J connectivity index is 1.95. The largest absolute Gasteiger partial charge is 0.462 e. The van der Waals surface area contributed by atoms with E-state index in [2.05, 4.69) is 0 Å². The minimum atomic E-state index is -0.725. The molecule has 0 saturated carbocycles. The molecular formula is C20H19FN2O5. The van der Waals surface area contributed by atoms with Crippen LogP contribution in [0, 0.1) is 15.9 Å². The summed E-state index contributed by atoms with van der Waals surface area (Å²) in [4.78, 5) is 37.3. The molecular weight excluding hydrogens is 367 g/mol. The van der Waals surface area contributed by atoms with E-state index in [1.54, 1.807) is 24.0 Å². The van der Waals surface area contributed by atoms with Gasteiger partial charge in [0.1, 0.15) is 5.82 Å². The Hall–Kier alpha value is -3.29. The predicted molar refractivity (Wildman–Crippen MR) is 98.5 cm³/mol. The summed E-state index contributed by atoms with van der Waals surface area (Å²) in [6.45, 7) is 2.21. The highest BCUT2D eigenvalue weighted by atomic mass is 19.1. The molecule has 1 atom stereocenters. The minimum absolute atomic E-state index is 0.0445. The molecule has 0 spiro atoms. The molecule has 2 aromatic carbocycles. The van der Waals surface area contributed by atoms with Crippen LogP contribution in [0.5, 0.6) is 0 Å². The summed E-state index contributed by atoms with van der Waals surface area (Å²) in [6.07, 6.45) is 1.46. The molecule has 1 aliphatic rings. The molecule has 1 saturated heterocycles. The van der Waals surface area contributed by atoms with Crippen LogP contribution in [-0.4, -0.2) is 34.9 Å². The van der Waals surface area contributed by atoms with Gasteiger partial charge in [-0.15, -0.1) is 0 Å². The number of nitro groups is 1. The molecule has 1 aliphatic heterocycles. The molecule has 1 unspecified atom stereocenters. The van der Waals surface area contributed by atoms with Gasteiger partial charge in [0.05, 0.1) is 23.1 Å². The van der Waals surface area contributed by atoms with Crippen LogP contribution in [-0.2, 0) is 4.74 Å². The third-order valence-electron chi connectivity index (χ3n) is 4.66. The van der Waals surface area contributed by atoms with Crippen molar-refractivity contribution in [3.63, 3.8) is 0 Å². The van der Waals surface area contributed by atoms with Gasteiger partial charge in [0.2, 0.25) is 0 Å². The fourth-order valence-electron chi connectivity index (χ4n) is 3.38. The number of carbonyl (C=O) groups is 2. The molecule has 0 radical (unpaired) electrons. The van der Waals surface area contributed by atoms with Gasteiger partial charge in [-0.25, -0.2) is 9.18 Å². The number of rotatable bonds is 5. The van der Waals surface area contributed by atoms with E-state index in [9.17, 15) is 24.1 Å². The summed E-state index contributed by atoms with van der Waals surface area (Å²) in [6, 6.07) is 9.24. The van der Waals surface area contributed by atoms with Crippen molar-refractivity contribution in [3.05, 3.63) is 75.1 Å². The van der Waals surface area contributed by atoms with Crippen LogP contribution in [0.15, 0.2) is 42.5 Å². The number of nitro benzene ring substituents is 1. The predicted octanol–water partition coefficient (Wildman–Crippen LogP) is 3.89. The third-order valence-corrected chi connectivity index (χ3v) is 4.66. The number of amides is 1. The summed E-state index contributed by atoms with van der Waals surface area (Å²) in [7, 11) is 0. The quantitative estimate of drug-likeness (QED) is 0.442. The van der Waals surface area contributed by atoms with E-state index in [1.807, 2.05) is 0 Å². The monoisotopic (exact) mass is 386 g/mol. The first kappa shape index (κ1) is 19.5. The van der Waals surface area contributed by atoms with Crippen molar-refractivity contribution in [1.82, 2.24) is 4.90 Å². The van der Waals surface area contributed by atoms with Gasteiger partial charge >= 0.3 is 5.97 Å². The second-order valence-electron chi connectivity index (χ2n) is 6.45. The fourth-order valence-corrected chi connectivity index (χ4v) is 3.38. The van der Waals surface area contributed by atoms with Crippen LogP contribution in [0.25, 0.3) is 0 Å². The smallest absolute Gasteiger partial charge is 0.338 e. The molecule has 0 bridgehead atoms. The Morgan fingerprint density at radius 3 is 2.54 bits per heavy atom. The Morgan fingerprint density at radius 2 is 1.89 bits per heavy atom. The average Bonchev–Trinajstić information content (AvgIpc) is 3.17. The second kappa shape index (κ2) is 8.16. The molecule has 3 rings (SSSR count). The number of hydrogen-bond acceptors (Lipinski definition) is 5. The third kappa shape index (κ3) is 4.00. The van der Waals surface area contributed by atoms with Gasteiger partial charge in [-0.3, -0.25) is 14.9 Å². The zero-order valence-electron chi connectivity index (χ0n) is 15.3. The first-order valence-corrected chi connectivity index (χ1v) is 8.93. The minimum Gasteiger partial charge on any atom is -0.462 e. The first-order chi connectivity index (χ1) is 13.4. The molecule has 7 nitrogen and oxygen atoms in total. The summed E-state index contributed by atoms with van der Waals surface area (Å²) >= 11 is 0. The van der Waals surface area contributed by atoms with Crippen molar-refractivity contribution >= 4 is 17.6 Å². The molecule has 0 aromatic heterocycles. The van der Waals surface area contributed by atoms with E-state index in [1.165, 1.54) is 18.2 Å². The van der Waals surface area contributed by atoms with E-state index >= 15 is 0 Å². The Bertz CT molecular complexity index is 913. The highest BCUT2D eigenvalue weighted by Crippen LogP contribution is 2.34. The molecule has 1 heterocycles. The lowest BCUT2D eigenvalue weighted by Gasteiger charge is -2.25. The maximum atomic E-state index is 13.2. The molecule has 28 heavy (non-hydrogen) atoms.